The third kappa shape index (κ3) is 5.31. The first kappa shape index (κ1) is 25.0. The fourth-order valence-electron chi connectivity index (χ4n) is 2.71. The number of sulfonamides is 1. The van der Waals surface area contributed by atoms with Crippen molar-refractivity contribution in [3.63, 3.8) is 0 Å². The summed E-state index contributed by atoms with van der Waals surface area (Å²) >= 11 is 5.70. The lowest BCUT2D eigenvalue weighted by atomic mass is 10.3. The number of anilines is 2. The number of nitrogens with zero attached hydrogens (tertiary/aromatic N) is 4. The largest absolute Gasteiger partial charge is 0.481 e. The molecule has 182 valence electrons. The third-order valence-corrected chi connectivity index (χ3v) is 5.94. The number of benzene rings is 1. The molecule has 0 atom stereocenters. The predicted molar refractivity (Wildman–Crippen MR) is 114 cm³/mol. The van der Waals surface area contributed by atoms with E-state index in [0.29, 0.717) is 4.68 Å². The van der Waals surface area contributed by atoms with Crippen molar-refractivity contribution in [2.75, 3.05) is 24.3 Å². The van der Waals surface area contributed by atoms with E-state index in [-0.39, 0.29) is 28.3 Å². The van der Waals surface area contributed by atoms with Gasteiger partial charge in [0.25, 0.3) is 15.9 Å². The van der Waals surface area contributed by atoms with Crippen LogP contribution in [0.5, 0.6) is 11.9 Å². The molecule has 0 saturated carbocycles. The Bertz CT molecular complexity index is 1310. The molecule has 0 aliphatic rings. The first-order valence-electron chi connectivity index (χ1n) is 9.06. The first-order chi connectivity index (χ1) is 15.9. The quantitative estimate of drug-likeness (QED) is 0.485. The second-order valence-electron chi connectivity index (χ2n) is 6.50. The van der Waals surface area contributed by atoms with Crippen molar-refractivity contribution in [2.45, 2.75) is 11.1 Å². The molecule has 0 fully saturated rings. The van der Waals surface area contributed by atoms with Crippen LogP contribution in [0.15, 0.2) is 35.2 Å². The van der Waals surface area contributed by atoms with Crippen LogP contribution in [0.3, 0.4) is 0 Å². The van der Waals surface area contributed by atoms with Crippen molar-refractivity contribution in [1.82, 2.24) is 19.7 Å². The van der Waals surface area contributed by atoms with Gasteiger partial charge >= 0.3 is 12.2 Å². The van der Waals surface area contributed by atoms with E-state index in [1.807, 2.05) is 0 Å². The molecule has 2 N–H and O–H groups in total. The van der Waals surface area contributed by atoms with Gasteiger partial charge in [0.2, 0.25) is 5.88 Å². The molecule has 3 rings (SSSR count). The van der Waals surface area contributed by atoms with Crippen LogP contribution in [0.2, 0.25) is 5.02 Å². The van der Waals surface area contributed by atoms with Crippen molar-refractivity contribution >= 4 is 39.0 Å². The van der Waals surface area contributed by atoms with Crippen LogP contribution < -0.4 is 19.5 Å². The van der Waals surface area contributed by atoms with Gasteiger partial charge in [-0.1, -0.05) is 11.6 Å². The Morgan fingerprint density at radius 1 is 1.12 bits per heavy atom. The fraction of sp³-hybridized carbons (Fsp3) is 0.222. The number of rotatable bonds is 7. The molecule has 16 heteroatoms. The van der Waals surface area contributed by atoms with Gasteiger partial charge in [0.05, 0.1) is 19.1 Å². The van der Waals surface area contributed by atoms with Gasteiger partial charge in [-0.25, -0.2) is 8.42 Å². The highest BCUT2D eigenvalue weighted by Crippen LogP contribution is 2.36. The summed E-state index contributed by atoms with van der Waals surface area (Å²) in [6, 6.07) is 5.89. The Morgan fingerprint density at radius 3 is 2.29 bits per heavy atom. The number of ether oxygens (including phenoxy) is 2. The zero-order valence-corrected chi connectivity index (χ0v) is 19.2. The maximum absolute atomic E-state index is 13.0. The summed E-state index contributed by atoms with van der Waals surface area (Å²) in [7, 11) is -0.489. The molecule has 0 aliphatic carbocycles. The van der Waals surface area contributed by atoms with Crippen molar-refractivity contribution in [1.29, 1.82) is 0 Å². The van der Waals surface area contributed by atoms with Gasteiger partial charge in [0, 0.05) is 18.8 Å². The third-order valence-electron chi connectivity index (χ3n) is 4.21. The van der Waals surface area contributed by atoms with Gasteiger partial charge in [0.15, 0.2) is 17.2 Å². The van der Waals surface area contributed by atoms with E-state index in [0.717, 1.165) is 19.2 Å². The monoisotopic (exact) mass is 520 g/mol. The number of alkyl halides is 3. The van der Waals surface area contributed by atoms with Gasteiger partial charge in [-0.15, -0.1) is 0 Å². The predicted octanol–water partition coefficient (Wildman–Crippen LogP) is 2.95. The smallest absolute Gasteiger partial charge is 0.434 e. The van der Waals surface area contributed by atoms with Crippen LogP contribution in [0, 0.1) is 0 Å². The van der Waals surface area contributed by atoms with Crippen LogP contribution in [0.25, 0.3) is 0 Å². The minimum absolute atomic E-state index is 0.0597. The van der Waals surface area contributed by atoms with Gasteiger partial charge in [-0.2, -0.15) is 28.2 Å². The summed E-state index contributed by atoms with van der Waals surface area (Å²) in [5.74, 6) is -1.07. The topological polar surface area (TPSA) is 137 Å². The van der Waals surface area contributed by atoms with Crippen molar-refractivity contribution in [3.05, 3.63) is 46.7 Å². The number of halogens is 4. The number of methoxy groups -OCH3 is 2. The van der Waals surface area contributed by atoms with Crippen LogP contribution in [0.4, 0.5) is 24.7 Å². The van der Waals surface area contributed by atoms with E-state index in [2.05, 4.69) is 25.1 Å². The standard InChI is InChI=1S/C18H16ClF3N6O5S/c1-28-15(18(20,21)22)13(19)14(26-28)16(29)23-9-4-6-10(7-5-9)34(30,31)27-11-8-12(32-2)25-17(24-11)33-3/h4-8H,1-3H3,(H,23,29)(H,24,25,27). The molecular weight excluding hydrogens is 505 g/mol. The van der Waals surface area contributed by atoms with E-state index < -0.39 is 38.5 Å². The number of hydrogen-bond donors (Lipinski definition) is 2. The average Bonchev–Trinajstić information content (AvgIpc) is 3.07. The normalized spacial score (nSPS) is 11.7. The van der Waals surface area contributed by atoms with Gasteiger partial charge in [0.1, 0.15) is 5.02 Å². The number of aromatic nitrogens is 4. The van der Waals surface area contributed by atoms with E-state index >= 15 is 0 Å². The molecule has 0 radical (unpaired) electrons. The minimum Gasteiger partial charge on any atom is -0.481 e. The summed E-state index contributed by atoms with van der Waals surface area (Å²) < 4.78 is 77.0. The lowest BCUT2D eigenvalue weighted by molar-refractivity contribution is -0.143. The van der Waals surface area contributed by atoms with Crippen LogP contribution in [-0.4, -0.2) is 48.3 Å². The Balaban J connectivity index is 1.78. The Labute approximate surface area is 195 Å². The van der Waals surface area contributed by atoms with E-state index in [1.165, 1.54) is 32.4 Å². The zero-order valence-electron chi connectivity index (χ0n) is 17.6. The summed E-state index contributed by atoms with van der Waals surface area (Å²) in [6.07, 6.45) is -4.81. The molecule has 1 aromatic carbocycles. The van der Waals surface area contributed by atoms with Gasteiger partial charge < -0.3 is 14.8 Å². The SMILES string of the molecule is COc1cc(NS(=O)(=O)c2ccc(NC(=O)c3nn(C)c(C(F)(F)F)c3Cl)cc2)nc(OC)n1. The Kier molecular flexibility index (Phi) is 6.88. The molecule has 3 aromatic rings. The van der Waals surface area contributed by atoms with E-state index in [4.69, 9.17) is 21.1 Å². The average molecular weight is 521 g/mol. The summed E-state index contributed by atoms with van der Waals surface area (Å²) in [6.45, 7) is 0. The molecule has 0 spiro atoms. The molecule has 2 aromatic heterocycles. The maximum Gasteiger partial charge on any atom is 0.434 e. The Hall–Kier alpha value is -3.59. The van der Waals surface area contributed by atoms with E-state index in [9.17, 15) is 26.4 Å². The molecular formula is C18H16ClF3N6O5S. The highest BCUT2D eigenvalue weighted by Gasteiger charge is 2.40. The lowest BCUT2D eigenvalue weighted by Gasteiger charge is -2.10. The van der Waals surface area contributed by atoms with Crippen LogP contribution in [-0.2, 0) is 23.2 Å². The van der Waals surface area contributed by atoms with Crippen LogP contribution in [0.1, 0.15) is 16.2 Å². The summed E-state index contributed by atoms with van der Waals surface area (Å²) in [4.78, 5) is 19.9. The van der Waals surface area contributed by atoms with E-state index in [1.54, 1.807) is 0 Å². The Morgan fingerprint density at radius 2 is 1.76 bits per heavy atom. The molecule has 0 saturated heterocycles. The maximum atomic E-state index is 13.0. The summed E-state index contributed by atoms with van der Waals surface area (Å²) in [5, 5.41) is 4.98. The molecule has 0 aliphatic heterocycles. The molecule has 34 heavy (non-hydrogen) atoms. The molecule has 11 nitrogen and oxygen atoms in total. The molecule has 1 amide bonds. The first-order valence-corrected chi connectivity index (χ1v) is 10.9. The zero-order chi connectivity index (χ0) is 25.3. The summed E-state index contributed by atoms with van der Waals surface area (Å²) in [5.41, 5.74) is -1.82. The number of hydrogen-bond acceptors (Lipinski definition) is 8. The van der Waals surface area contributed by atoms with Crippen molar-refractivity contribution in [2.24, 2.45) is 7.05 Å². The number of aryl methyl sites for hydroxylation is 1. The number of nitrogens with one attached hydrogen (secondary N) is 2. The second-order valence-corrected chi connectivity index (χ2v) is 8.56. The lowest BCUT2D eigenvalue weighted by Crippen LogP contribution is -2.16. The highest BCUT2D eigenvalue weighted by molar-refractivity contribution is 7.92. The molecule has 2 heterocycles. The second kappa shape index (κ2) is 9.34. The van der Waals surface area contributed by atoms with Gasteiger partial charge in [-0.05, 0) is 24.3 Å². The number of carbonyl (C=O) groups is 1. The number of amides is 1. The minimum atomic E-state index is -4.81. The number of carbonyl (C=O) groups excluding carboxylic acids is 1. The van der Waals surface area contributed by atoms with Crippen molar-refractivity contribution in [3.8, 4) is 11.9 Å². The molecule has 0 bridgehead atoms. The highest BCUT2D eigenvalue weighted by atomic mass is 35.5. The van der Waals surface area contributed by atoms with Crippen LogP contribution >= 0.6 is 11.6 Å². The fourth-order valence-corrected chi connectivity index (χ4v) is 4.05. The van der Waals surface area contributed by atoms with Crippen molar-refractivity contribution < 1.29 is 35.9 Å². The van der Waals surface area contributed by atoms with Gasteiger partial charge in [-0.3, -0.25) is 14.2 Å². The molecule has 0 unspecified atom stereocenters.